The number of hydrogen-bond donors (Lipinski definition) is 0. The Balaban J connectivity index is 1.15. The summed E-state index contributed by atoms with van der Waals surface area (Å²) in [6, 6.07) is 63.7. The molecule has 0 unspecified atom stereocenters. The molecule has 1 aromatic heterocycles. The normalized spacial score (nSPS) is 13.1. The van der Waals surface area contributed by atoms with Crippen molar-refractivity contribution in [2.75, 3.05) is 4.90 Å². The van der Waals surface area contributed by atoms with Gasteiger partial charge in [-0.05, 0) is 86.8 Å². The summed E-state index contributed by atoms with van der Waals surface area (Å²) in [5.74, 6) is 0. The summed E-state index contributed by atoms with van der Waals surface area (Å²) in [5.41, 5.74) is 15.3. The molecule has 0 saturated carbocycles. The van der Waals surface area contributed by atoms with Crippen LogP contribution in [-0.4, -0.2) is 0 Å². The van der Waals surface area contributed by atoms with Crippen LogP contribution in [0.1, 0.15) is 25.0 Å². The lowest BCUT2D eigenvalue weighted by atomic mass is 9.82. The first-order valence-corrected chi connectivity index (χ1v) is 17.7. The van der Waals surface area contributed by atoms with Crippen LogP contribution in [0.4, 0.5) is 17.1 Å². The van der Waals surface area contributed by atoms with E-state index in [9.17, 15) is 0 Å². The van der Waals surface area contributed by atoms with Crippen molar-refractivity contribution in [3.63, 3.8) is 0 Å². The molecule has 10 rings (SSSR count). The highest BCUT2D eigenvalue weighted by atomic mass is 16.3. The van der Waals surface area contributed by atoms with Crippen LogP contribution in [0.3, 0.4) is 0 Å². The molecule has 51 heavy (non-hydrogen) atoms. The summed E-state index contributed by atoms with van der Waals surface area (Å²) in [7, 11) is 0. The van der Waals surface area contributed by atoms with Crippen molar-refractivity contribution in [1.82, 2.24) is 0 Å². The summed E-state index contributed by atoms with van der Waals surface area (Å²) in [6.07, 6.45) is 0. The monoisotopic (exact) mass is 653 g/mol. The largest absolute Gasteiger partial charge is 0.456 e. The Kier molecular flexibility index (Phi) is 6.56. The number of hydrogen-bond acceptors (Lipinski definition) is 2. The molecule has 2 heteroatoms. The SMILES string of the molecule is CC1(C)c2ccccc2-c2c(-c3ccc(N(c4ccccc4-c4ccc5c(c4)oc4ccccc45)c4cccc5ccccc45)cc3)cccc21. The number of nitrogens with zero attached hydrogens (tertiary/aromatic N) is 1. The van der Waals surface area contributed by atoms with Gasteiger partial charge in [0, 0.05) is 32.8 Å². The molecule has 9 aromatic rings. The van der Waals surface area contributed by atoms with Gasteiger partial charge in [-0.25, -0.2) is 0 Å². The number of benzene rings is 8. The van der Waals surface area contributed by atoms with Crippen molar-refractivity contribution in [2.45, 2.75) is 19.3 Å². The van der Waals surface area contributed by atoms with E-state index in [-0.39, 0.29) is 5.41 Å². The zero-order valence-electron chi connectivity index (χ0n) is 28.6. The lowest BCUT2D eigenvalue weighted by Gasteiger charge is -2.29. The van der Waals surface area contributed by atoms with Crippen LogP contribution in [0.25, 0.3) is 66.1 Å². The quantitative estimate of drug-likeness (QED) is 0.184. The number of furan rings is 1. The molecule has 0 atom stereocenters. The summed E-state index contributed by atoms with van der Waals surface area (Å²) in [5, 5.41) is 4.68. The number of anilines is 3. The van der Waals surface area contributed by atoms with Crippen molar-refractivity contribution < 1.29 is 4.42 Å². The minimum Gasteiger partial charge on any atom is -0.456 e. The van der Waals surface area contributed by atoms with Crippen molar-refractivity contribution in [2.24, 2.45) is 0 Å². The second kappa shape index (κ2) is 11.3. The molecule has 8 aromatic carbocycles. The highest BCUT2D eigenvalue weighted by Crippen LogP contribution is 2.52. The molecule has 0 fully saturated rings. The Morgan fingerprint density at radius 3 is 1.92 bits per heavy atom. The first kappa shape index (κ1) is 29.5. The number of fused-ring (bicyclic) bond motifs is 7. The van der Waals surface area contributed by atoms with Crippen LogP contribution < -0.4 is 4.90 Å². The Hall–Kier alpha value is -6.38. The molecule has 0 amide bonds. The molecule has 1 aliphatic carbocycles. The number of rotatable bonds is 5. The van der Waals surface area contributed by atoms with E-state index in [1.807, 2.05) is 12.1 Å². The van der Waals surface area contributed by atoms with Crippen molar-refractivity contribution in [3.8, 4) is 33.4 Å². The fourth-order valence-corrected chi connectivity index (χ4v) is 8.40. The van der Waals surface area contributed by atoms with E-state index in [0.29, 0.717) is 0 Å². The van der Waals surface area contributed by atoms with E-state index in [1.165, 1.54) is 44.2 Å². The van der Waals surface area contributed by atoms with E-state index in [0.717, 1.165) is 50.1 Å². The third-order valence-corrected chi connectivity index (χ3v) is 10.9. The van der Waals surface area contributed by atoms with Gasteiger partial charge >= 0.3 is 0 Å². The second-order valence-electron chi connectivity index (χ2n) is 14.1. The Morgan fingerprint density at radius 2 is 1.04 bits per heavy atom. The predicted molar refractivity (Wildman–Crippen MR) is 214 cm³/mol. The van der Waals surface area contributed by atoms with Crippen LogP contribution in [0.2, 0.25) is 0 Å². The van der Waals surface area contributed by atoms with Crippen molar-refractivity contribution in [3.05, 3.63) is 187 Å². The van der Waals surface area contributed by atoms with E-state index in [4.69, 9.17) is 4.42 Å². The zero-order valence-corrected chi connectivity index (χ0v) is 28.6. The van der Waals surface area contributed by atoms with Gasteiger partial charge in [0.2, 0.25) is 0 Å². The average molecular weight is 654 g/mol. The molecule has 1 aliphatic rings. The maximum atomic E-state index is 6.35. The fourth-order valence-electron chi connectivity index (χ4n) is 8.40. The van der Waals surface area contributed by atoms with Crippen LogP contribution in [0, 0.1) is 0 Å². The minimum absolute atomic E-state index is 0.0395. The molecular formula is C49H35NO. The summed E-state index contributed by atoms with van der Waals surface area (Å²) in [6.45, 7) is 4.69. The topological polar surface area (TPSA) is 16.4 Å². The van der Waals surface area contributed by atoms with Crippen LogP contribution >= 0.6 is 0 Å². The molecule has 0 bridgehead atoms. The maximum Gasteiger partial charge on any atom is 0.136 e. The molecule has 242 valence electrons. The van der Waals surface area contributed by atoms with Gasteiger partial charge in [-0.2, -0.15) is 0 Å². The minimum atomic E-state index is -0.0395. The van der Waals surface area contributed by atoms with Gasteiger partial charge in [-0.1, -0.05) is 147 Å². The molecule has 0 spiro atoms. The molecule has 0 aliphatic heterocycles. The lowest BCUT2D eigenvalue weighted by molar-refractivity contribution is 0.660. The molecule has 1 heterocycles. The Labute approximate surface area is 297 Å². The van der Waals surface area contributed by atoms with Gasteiger partial charge in [0.25, 0.3) is 0 Å². The standard InChI is InChI=1S/C49H35NO/c1-49(2)42-20-8-5-18-41(42)48-38(19-12-21-43(48)49)33-25-28-35(29-26-33)50(45-23-11-14-32-13-3-4-15-36(32)45)44-22-9-6-16-37(44)34-27-30-40-39-17-7-10-24-46(39)51-47(40)31-34/h3-31H,1-2H3. The third kappa shape index (κ3) is 4.57. The fraction of sp³-hybridized carbons (Fsp3) is 0.0612. The first-order valence-electron chi connectivity index (χ1n) is 17.7. The van der Waals surface area contributed by atoms with Crippen molar-refractivity contribution >= 4 is 49.8 Å². The van der Waals surface area contributed by atoms with Crippen LogP contribution in [0.5, 0.6) is 0 Å². The predicted octanol–water partition coefficient (Wildman–Crippen LogP) is 13.8. The van der Waals surface area contributed by atoms with E-state index >= 15 is 0 Å². The van der Waals surface area contributed by atoms with Gasteiger partial charge in [-0.15, -0.1) is 0 Å². The molecule has 0 saturated heterocycles. The Morgan fingerprint density at radius 1 is 0.431 bits per heavy atom. The smallest absolute Gasteiger partial charge is 0.136 e. The number of para-hydroxylation sites is 2. The summed E-state index contributed by atoms with van der Waals surface area (Å²) < 4.78 is 6.35. The van der Waals surface area contributed by atoms with E-state index in [2.05, 4.69) is 183 Å². The van der Waals surface area contributed by atoms with Gasteiger partial charge in [-0.3, -0.25) is 0 Å². The molecular weight excluding hydrogens is 619 g/mol. The summed E-state index contributed by atoms with van der Waals surface area (Å²) in [4.78, 5) is 2.41. The lowest BCUT2D eigenvalue weighted by Crippen LogP contribution is -2.14. The van der Waals surface area contributed by atoms with Crippen LogP contribution in [-0.2, 0) is 5.41 Å². The summed E-state index contributed by atoms with van der Waals surface area (Å²) >= 11 is 0. The van der Waals surface area contributed by atoms with Gasteiger partial charge in [0.15, 0.2) is 0 Å². The molecule has 2 nitrogen and oxygen atoms in total. The zero-order chi connectivity index (χ0) is 34.1. The van der Waals surface area contributed by atoms with Gasteiger partial charge < -0.3 is 9.32 Å². The first-order chi connectivity index (χ1) is 25.1. The highest BCUT2D eigenvalue weighted by Gasteiger charge is 2.36. The Bertz CT molecular complexity index is 2780. The van der Waals surface area contributed by atoms with E-state index < -0.39 is 0 Å². The third-order valence-electron chi connectivity index (χ3n) is 10.9. The highest BCUT2D eigenvalue weighted by molar-refractivity contribution is 6.07. The van der Waals surface area contributed by atoms with E-state index in [1.54, 1.807) is 0 Å². The molecule has 0 N–H and O–H groups in total. The van der Waals surface area contributed by atoms with Crippen molar-refractivity contribution in [1.29, 1.82) is 0 Å². The van der Waals surface area contributed by atoms with Gasteiger partial charge in [0.05, 0.1) is 11.4 Å². The van der Waals surface area contributed by atoms with Crippen LogP contribution in [0.15, 0.2) is 180 Å². The second-order valence-corrected chi connectivity index (χ2v) is 14.1. The average Bonchev–Trinajstić information content (AvgIpc) is 3.67. The maximum absolute atomic E-state index is 6.35. The van der Waals surface area contributed by atoms with Gasteiger partial charge in [0.1, 0.15) is 11.2 Å². The molecule has 0 radical (unpaired) electrons.